The van der Waals surface area contributed by atoms with Crippen molar-refractivity contribution in [2.75, 3.05) is 6.54 Å². The van der Waals surface area contributed by atoms with Crippen LogP contribution in [0.2, 0.25) is 0 Å². The number of aromatic nitrogens is 1. The zero-order valence-electron chi connectivity index (χ0n) is 14.4. The molecule has 1 saturated carbocycles. The molecule has 1 aromatic carbocycles. The van der Waals surface area contributed by atoms with Crippen LogP contribution < -0.4 is 16.2 Å². The molecule has 3 rings (SSSR count). The Morgan fingerprint density at radius 2 is 1.88 bits per heavy atom. The number of benzene rings is 1. The number of aromatic amines is 1. The molecular formula is C19H22FN3O2. The minimum Gasteiger partial charge on any atom is -0.337 e. The quantitative estimate of drug-likeness (QED) is 0.781. The molecule has 1 aliphatic rings. The van der Waals surface area contributed by atoms with Gasteiger partial charge in [0.25, 0.3) is 5.56 Å². The molecule has 1 aromatic heterocycles. The van der Waals surface area contributed by atoms with Crippen LogP contribution in [0.3, 0.4) is 0 Å². The highest BCUT2D eigenvalue weighted by Crippen LogP contribution is 2.47. The Morgan fingerprint density at radius 3 is 2.48 bits per heavy atom. The highest BCUT2D eigenvalue weighted by atomic mass is 19.1. The number of carbonyl (C=O) groups is 1. The minimum absolute atomic E-state index is 0.0950. The summed E-state index contributed by atoms with van der Waals surface area (Å²) in [4.78, 5) is 26.8. The van der Waals surface area contributed by atoms with Gasteiger partial charge >= 0.3 is 6.03 Å². The summed E-state index contributed by atoms with van der Waals surface area (Å²) in [6.07, 6.45) is 1.94. The van der Waals surface area contributed by atoms with Crippen molar-refractivity contribution < 1.29 is 9.18 Å². The van der Waals surface area contributed by atoms with E-state index in [0.717, 1.165) is 29.7 Å². The topological polar surface area (TPSA) is 74.0 Å². The molecule has 0 unspecified atom stereocenters. The van der Waals surface area contributed by atoms with Gasteiger partial charge in [0.15, 0.2) is 0 Å². The summed E-state index contributed by atoms with van der Waals surface area (Å²) in [5.74, 6) is -0.260. The Balaban J connectivity index is 1.55. The van der Waals surface area contributed by atoms with Crippen molar-refractivity contribution in [1.82, 2.24) is 15.6 Å². The highest BCUT2D eigenvalue weighted by molar-refractivity contribution is 5.74. The third kappa shape index (κ3) is 3.90. The molecule has 1 fully saturated rings. The van der Waals surface area contributed by atoms with Gasteiger partial charge in [-0.2, -0.15) is 0 Å². The summed E-state index contributed by atoms with van der Waals surface area (Å²) in [7, 11) is 0. The van der Waals surface area contributed by atoms with Gasteiger partial charge in [0.05, 0.1) is 6.54 Å². The number of nitrogens with one attached hydrogen (secondary N) is 3. The number of carbonyl (C=O) groups excluding carboxylic acids is 1. The van der Waals surface area contributed by atoms with Gasteiger partial charge in [0.1, 0.15) is 5.82 Å². The lowest BCUT2D eigenvalue weighted by Crippen LogP contribution is -2.40. The van der Waals surface area contributed by atoms with Crippen LogP contribution in [-0.2, 0) is 12.0 Å². The molecule has 6 heteroatoms. The van der Waals surface area contributed by atoms with Crippen molar-refractivity contribution >= 4 is 6.03 Å². The molecule has 0 saturated heterocycles. The molecular weight excluding hydrogens is 321 g/mol. The molecule has 2 amide bonds. The normalized spacial score (nSPS) is 14.8. The predicted molar refractivity (Wildman–Crippen MR) is 94.1 cm³/mol. The molecule has 1 aliphatic carbocycles. The van der Waals surface area contributed by atoms with E-state index in [1.807, 2.05) is 19.9 Å². The average molecular weight is 343 g/mol. The fraction of sp³-hybridized carbons (Fsp3) is 0.368. The van der Waals surface area contributed by atoms with E-state index in [1.54, 1.807) is 12.1 Å². The molecule has 3 N–H and O–H groups in total. The second kappa shape index (κ2) is 6.70. The number of H-pyrrole nitrogens is 1. The number of pyridine rings is 1. The Labute approximate surface area is 145 Å². The number of hydrogen-bond acceptors (Lipinski definition) is 2. The van der Waals surface area contributed by atoms with Crippen LogP contribution in [0.15, 0.2) is 35.1 Å². The Bertz CT molecular complexity index is 839. The smallest absolute Gasteiger partial charge is 0.315 e. The van der Waals surface area contributed by atoms with E-state index in [-0.39, 0.29) is 29.4 Å². The van der Waals surface area contributed by atoms with Crippen molar-refractivity contribution in [2.45, 2.75) is 38.6 Å². The van der Waals surface area contributed by atoms with Crippen LogP contribution in [0.5, 0.6) is 0 Å². The summed E-state index contributed by atoms with van der Waals surface area (Å²) >= 11 is 0. The lowest BCUT2D eigenvalue weighted by molar-refractivity contribution is 0.239. The molecule has 0 radical (unpaired) electrons. The maximum atomic E-state index is 13.1. The van der Waals surface area contributed by atoms with Crippen LogP contribution in [0.4, 0.5) is 9.18 Å². The van der Waals surface area contributed by atoms with E-state index in [0.29, 0.717) is 12.1 Å². The number of hydrogen-bond donors (Lipinski definition) is 3. The largest absolute Gasteiger partial charge is 0.337 e. The second-order valence-electron chi connectivity index (χ2n) is 6.77. The van der Waals surface area contributed by atoms with Crippen LogP contribution >= 0.6 is 0 Å². The van der Waals surface area contributed by atoms with Gasteiger partial charge in [-0.3, -0.25) is 4.79 Å². The molecule has 132 valence electrons. The second-order valence-corrected chi connectivity index (χ2v) is 6.77. The summed E-state index contributed by atoms with van der Waals surface area (Å²) in [6.45, 7) is 4.35. The highest BCUT2D eigenvalue weighted by Gasteiger charge is 2.44. The Hall–Kier alpha value is -2.63. The number of aryl methyl sites for hydroxylation is 2. The summed E-state index contributed by atoms with van der Waals surface area (Å²) in [6, 6.07) is 8.01. The predicted octanol–water partition coefficient (Wildman–Crippen LogP) is 2.66. The van der Waals surface area contributed by atoms with Gasteiger partial charge < -0.3 is 15.6 Å². The SMILES string of the molecule is Cc1cc(C)c(CNC(=O)NCC2(c3ccc(F)cc3)CC2)c(=O)[nH]1. The van der Waals surface area contributed by atoms with E-state index in [1.165, 1.54) is 12.1 Å². The third-order valence-electron chi connectivity index (χ3n) is 4.82. The van der Waals surface area contributed by atoms with E-state index < -0.39 is 0 Å². The lowest BCUT2D eigenvalue weighted by Gasteiger charge is -2.17. The number of urea groups is 1. The first-order valence-electron chi connectivity index (χ1n) is 8.37. The standard InChI is InChI=1S/C19H22FN3O2/c1-12-9-13(2)23-17(24)16(12)10-21-18(25)22-11-19(7-8-19)14-3-5-15(20)6-4-14/h3-6,9H,7-8,10-11H2,1-2H3,(H,23,24)(H2,21,22,25). The van der Waals surface area contributed by atoms with E-state index in [9.17, 15) is 14.0 Å². The van der Waals surface area contributed by atoms with E-state index >= 15 is 0 Å². The van der Waals surface area contributed by atoms with Crippen molar-refractivity contribution in [2.24, 2.45) is 0 Å². The summed E-state index contributed by atoms with van der Waals surface area (Å²) in [5.41, 5.74) is 2.97. The summed E-state index contributed by atoms with van der Waals surface area (Å²) in [5, 5.41) is 5.59. The van der Waals surface area contributed by atoms with Crippen molar-refractivity contribution in [3.05, 3.63) is 68.9 Å². The molecule has 25 heavy (non-hydrogen) atoms. The van der Waals surface area contributed by atoms with Crippen LogP contribution in [0.1, 0.15) is 35.2 Å². The van der Waals surface area contributed by atoms with E-state index in [2.05, 4.69) is 15.6 Å². The minimum atomic E-state index is -0.312. The van der Waals surface area contributed by atoms with Crippen molar-refractivity contribution in [3.8, 4) is 0 Å². The zero-order valence-corrected chi connectivity index (χ0v) is 14.4. The molecule has 1 heterocycles. The van der Waals surface area contributed by atoms with Crippen LogP contribution in [0, 0.1) is 19.7 Å². The lowest BCUT2D eigenvalue weighted by atomic mass is 9.96. The fourth-order valence-corrected chi connectivity index (χ4v) is 3.10. The van der Waals surface area contributed by atoms with E-state index in [4.69, 9.17) is 0 Å². The number of halogens is 1. The average Bonchev–Trinajstić information content (AvgIpc) is 3.34. The first-order chi connectivity index (χ1) is 11.9. The fourth-order valence-electron chi connectivity index (χ4n) is 3.10. The molecule has 2 aromatic rings. The van der Waals surface area contributed by atoms with Crippen molar-refractivity contribution in [1.29, 1.82) is 0 Å². The van der Waals surface area contributed by atoms with Crippen LogP contribution in [0.25, 0.3) is 0 Å². The third-order valence-corrected chi connectivity index (χ3v) is 4.82. The van der Waals surface area contributed by atoms with Crippen molar-refractivity contribution in [3.63, 3.8) is 0 Å². The maximum Gasteiger partial charge on any atom is 0.315 e. The van der Waals surface area contributed by atoms with Gasteiger partial charge in [-0.1, -0.05) is 12.1 Å². The first-order valence-corrected chi connectivity index (χ1v) is 8.37. The Kier molecular flexibility index (Phi) is 4.61. The molecule has 0 atom stereocenters. The molecule has 0 bridgehead atoms. The molecule has 5 nitrogen and oxygen atoms in total. The maximum absolute atomic E-state index is 13.1. The van der Waals surface area contributed by atoms with Crippen LogP contribution in [-0.4, -0.2) is 17.6 Å². The monoisotopic (exact) mass is 343 g/mol. The zero-order chi connectivity index (χ0) is 18.0. The first kappa shape index (κ1) is 17.2. The molecule has 0 spiro atoms. The summed E-state index contributed by atoms with van der Waals surface area (Å²) < 4.78 is 13.1. The van der Waals surface area contributed by atoms with Gasteiger partial charge in [-0.05, 0) is 56.0 Å². The number of amides is 2. The van der Waals surface area contributed by atoms with Gasteiger partial charge in [0, 0.05) is 23.2 Å². The Morgan fingerprint density at radius 1 is 1.20 bits per heavy atom. The molecule has 0 aliphatic heterocycles. The number of rotatable bonds is 5. The van der Waals surface area contributed by atoms with Gasteiger partial charge in [0.2, 0.25) is 0 Å². The van der Waals surface area contributed by atoms with Gasteiger partial charge in [-0.15, -0.1) is 0 Å². The van der Waals surface area contributed by atoms with Gasteiger partial charge in [-0.25, -0.2) is 9.18 Å².